The van der Waals surface area contributed by atoms with Crippen molar-refractivity contribution in [2.75, 3.05) is 0 Å². The quantitative estimate of drug-likeness (QED) is 0.455. The summed E-state index contributed by atoms with van der Waals surface area (Å²) < 4.78 is 7.10. The molecule has 1 aromatic carbocycles. The highest BCUT2D eigenvalue weighted by Gasteiger charge is 2.34. The third-order valence-electron chi connectivity index (χ3n) is 4.93. The highest BCUT2D eigenvalue weighted by atomic mass is 35.5. The van der Waals surface area contributed by atoms with Gasteiger partial charge < -0.3 is 9.32 Å². The molecule has 1 aliphatic rings. The van der Waals surface area contributed by atoms with E-state index in [9.17, 15) is 9.59 Å². The number of fused-ring (bicyclic) bond motifs is 1. The molecule has 4 aromatic rings. The Morgan fingerprint density at radius 3 is 2.80 bits per heavy atom. The summed E-state index contributed by atoms with van der Waals surface area (Å²) in [6, 6.07) is 8.93. The number of aromatic nitrogens is 4. The highest BCUT2D eigenvalue weighted by Crippen LogP contribution is 2.29. The van der Waals surface area contributed by atoms with Gasteiger partial charge in [0.1, 0.15) is 11.4 Å². The molecule has 10 heteroatoms. The molecular formula is C20H16ClN5O3S. The van der Waals surface area contributed by atoms with Gasteiger partial charge in [0, 0.05) is 16.6 Å². The van der Waals surface area contributed by atoms with Gasteiger partial charge in [0.15, 0.2) is 0 Å². The average Bonchev–Trinajstić information content (AvgIpc) is 3.27. The second kappa shape index (κ2) is 7.66. The Labute approximate surface area is 179 Å². The molecule has 1 amide bonds. The minimum atomic E-state index is -0.215. The average molecular weight is 442 g/mol. The molecule has 3 aromatic heterocycles. The molecular weight excluding hydrogens is 426 g/mol. The van der Waals surface area contributed by atoms with Crippen LogP contribution in [0, 0.1) is 0 Å². The first kappa shape index (κ1) is 19.0. The zero-order valence-electron chi connectivity index (χ0n) is 15.7. The molecule has 30 heavy (non-hydrogen) atoms. The van der Waals surface area contributed by atoms with Crippen LogP contribution in [0.25, 0.3) is 21.7 Å². The lowest BCUT2D eigenvalue weighted by atomic mass is 10.2. The predicted molar refractivity (Wildman–Crippen MR) is 112 cm³/mol. The summed E-state index contributed by atoms with van der Waals surface area (Å²) in [7, 11) is 0. The van der Waals surface area contributed by atoms with E-state index >= 15 is 0 Å². The van der Waals surface area contributed by atoms with Crippen LogP contribution in [0.1, 0.15) is 18.7 Å². The van der Waals surface area contributed by atoms with Crippen LogP contribution in [0.2, 0.25) is 5.02 Å². The maximum absolute atomic E-state index is 13.0. The molecule has 3 heterocycles. The molecule has 1 aliphatic carbocycles. The van der Waals surface area contributed by atoms with Crippen LogP contribution in [0.3, 0.4) is 0 Å². The van der Waals surface area contributed by atoms with Crippen LogP contribution in [-0.4, -0.2) is 36.6 Å². The van der Waals surface area contributed by atoms with E-state index in [0.717, 1.165) is 18.4 Å². The van der Waals surface area contributed by atoms with Crippen LogP contribution in [0.5, 0.6) is 0 Å². The number of carbonyl (C=O) groups is 1. The van der Waals surface area contributed by atoms with E-state index in [2.05, 4.69) is 15.2 Å². The van der Waals surface area contributed by atoms with E-state index in [-0.39, 0.29) is 30.6 Å². The van der Waals surface area contributed by atoms with E-state index < -0.39 is 0 Å². The Bertz CT molecular complexity index is 1280. The fourth-order valence-corrected chi connectivity index (χ4v) is 4.07. The van der Waals surface area contributed by atoms with Crippen molar-refractivity contribution in [3.05, 3.63) is 63.3 Å². The topological polar surface area (TPSA) is 94.1 Å². The first-order valence-electron chi connectivity index (χ1n) is 9.39. The van der Waals surface area contributed by atoms with Crippen molar-refractivity contribution in [2.24, 2.45) is 0 Å². The van der Waals surface area contributed by atoms with Crippen molar-refractivity contribution in [3.8, 4) is 11.5 Å². The summed E-state index contributed by atoms with van der Waals surface area (Å²) in [6.45, 7) is 0.124. The number of amides is 1. The maximum atomic E-state index is 13.0. The zero-order chi connectivity index (χ0) is 20.7. The van der Waals surface area contributed by atoms with Gasteiger partial charge in [-0.15, -0.1) is 21.5 Å². The van der Waals surface area contributed by atoms with Crippen LogP contribution in [0.4, 0.5) is 0 Å². The molecule has 8 nitrogen and oxygen atoms in total. The van der Waals surface area contributed by atoms with E-state index in [4.69, 9.17) is 16.0 Å². The van der Waals surface area contributed by atoms with Gasteiger partial charge in [0.05, 0.1) is 18.3 Å². The lowest BCUT2D eigenvalue weighted by Gasteiger charge is -2.21. The molecule has 1 saturated carbocycles. The lowest BCUT2D eigenvalue weighted by Crippen LogP contribution is -2.37. The Morgan fingerprint density at radius 1 is 1.23 bits per heavy atom. The normalized spacial score (nSPS) is 13.6. The number of nitrogens with zero attached hydrogens (tertiary/aromatic N) is 5. The van der Waals surface area contributed by atoms with Gasteiger partial charge in [-0.3, -0.25) is 14.2 Å². The van der Waals surface area contributed by atoms with E-state index in [0.29, 0.717) is 27.0 Å². The molecule has 0 unspecified atom stereocenters. The second-order valence-electron chi connectivity index (χ2n) is 7.08. The molecule has 0 saturated heterocycles. The molecule has 0 spiro atoms. The Morgan fingerprint density at radius 2 is 2.03 bits per heavy atom. The van der Waals surface area contributed by atoms with Crippen LogP contribution in [0.15, 0.2) is 51.3 Å². The Balaban J connectivity index is 1.34. The number of benzene rings is 1. The van der Waals surface area contributed by atoms with Crippen LogP contribution < -0.4 is 5.56 Å². The summed E-state index contributed by atoms with van der Waals surface area (Å²) in [5, 5.41) is 11.1. The molecule has 0 radical (unpaired) electrons. The molecule has 0 N–H and O–H groups in total. The van der Waals surface area contributed by atoms with E-state index in [1.165, 1.54) is 22.2 Å². The standard InChI is InChI=1S/C20H16ClN5O3S/c21-13-3-1-12(2-4-13)18-24-23-16(29-18)9-26(14-5-6-14)17(27)10-25-11-22-19-15(20(25)28)7-8-30-19/h1-4,7-8,11,14H,5-6,9-10H2. The van der Waals surface area contributed by atoms with Crippen molar-refractivity contribution < 1.29 is 9.21 Å². The highest BCUT2D eigenvalue weighted by molar-refractivity contribution is 7.16. The minimum Gasteiger partial charge on any atom is -0.419 e. The molecule has 0 bridgehead atoms. The number of halogens is 1. The first-order chi connectivity index (χ1) is 14.6. The zero-order valence-corrected chi connectivity index (χ0v) is 17.3. The summed E-state index contributed by atoms with van der Waals surface area (Å²) in [5.74, 6) is 0.536. The van der Waals surface area contributed by atoms with Gasteiger partial charge >= 0.3 is 0 Å². The van der Waals surface area contributed by atoms with Crippen molar-refractivity contribution in [1.29, 1.82) is 0 Å². The fourth-order valence-electron chi connectivity index (χ4n) is 3.22. The molecule has 5 rings (SSSR count). The minimum absolute atomic E-state index is 0.0771. The largest absolute Gasteiger partial charge is 0.419 e. The van der Waals surface area contributed by atoms with E-state index in [1.807, 2.05) is 5.38 Å². The second-order valence-corrected chi connectivity index (χ2v) is 8.41. The van der Waals surface area contributed by atoms with Crippen molar-refractivity contribution >= 4 is 39.1 Å². The summed E-state index contributed by atoms with van der Waals surface area (Å²) in [4.78, 5) is 32.2. The van der Waals surface area contributed by atoms with Gasteiger partial charge in [0.2, 0.25) is 17.7 Å². The SMILES string of the molecule is O=C(Cn1cnc2sccc2c1=O)N(Cc1nnc(-c2ccc(Cl)cc2)o1)C1CC1. The van der Waals surface area contributed by atoms with Crippen molar-refractivity contribution in [3.63, 3.8) is 0 Å². The number of carbonyl (C=O) groups excluding carboxylic acids is 1. The predicted octanol–water partition coefficient (Wildman–Crippen LogP) is 3.35. The van der Waals surface area contributed by atoms with Gasteiger partial charge in [-0.25, -0.2) is 4.98 Å². The number of hydrogen-bond acceptors (Lipinski definition) is 7. The lowest BCUT2D eigenvalue weighted by molar-refractivity contribution is -0.133. The molecule has 0 atom stereocenters. The number of thiophene rings is 1. The molecule has 1 fully saturated rings. The molecule has 152 valence electrons. The van der Waals surface area contributed by atoms with Crippen LogP contribution in [-0.2, 0) is 17.9 Å². The van der Waals surface area contributed by atoms with E-state index in [1.54, 1.807) is 35.2 Å². The number of hydrogen-bond donors (Lipinski definition) is 0. The van der Waals surface area contributed by atoms with Crippen LogP contribution >= 0.6 is 22.9 Å². The first-order valence-corrected chi connectivity index (χ1v) is 10.6. The van der Waals surface area contributed by atoms with Gasteiger partial charge in [0.25, 0.3) is 5.56 Å². The van der Waals surface area contributed by atoms with Gasteiger partial charge in [-0.1, -0.05) is 11.6 Å². The smallest absolute Gasteiger partial charge is 0.262 e. The summed E-state index contributed by atoms with van der Waals surface area (Å²) in [6.07, 6.45) is 3.26. The van der Waals surface area contributed by atoms with Crippen molar-refractivity contribution in [2.45, 2.75) is 32.0 Å². The molecule has 0 aliphatic heterocycles. The van der Waals surface area contributed by atoms with Crippen molar-refractivity contribution in [1.82, 2.24) is 24.6 Å². The summed E-state index contributed by atoms with van der Waals surface area (Å²) in [5.41, 5.74) is 0.539. The third kappa shape index (κ3) is 3.73. The monoisotopic (exact) mass is 441 g/mol. The Kier molecular flexibility index (Phi) is 4.84. The maximum Gasteiger partial charge on any atom is 0.262 e. The third-order valence-corrected chi connectivity index (χ3v) is 6.00. The number of rotatable bonds is 6. The Hall–Kier alpha value is -3.04. The summed E-state index contributed by atoms with van der Waals surface area (Å²) >= 11 is 7.31. The van der Waals surface area contributed by atoms with Gasteiger partial charge in [-0.05, 0) is 48.6 Å². The van der Waals surface area contributed by atoms with Gasteiger partial charge in [-0.2, -0.15) is 0 Å². The fraction of sp³-hybridized carbons (Fsp3) is 0.250.